The third-order valence-electron chi connectivity index (χ3n) is 3.74. The molecule has 0 spiro atoms. The van der Waals surface area contributed by atoms with Crippen LogP contribution >= 0.6 is 12.2 Å². The molecule has 1 heterocycles. The predicted octanol–water partition coefficient (Wildman–Crippen LogP) is 3.65. The lowest BCUT2D eigenvalue weighted by molar-refractivity contribution is -0.0473. The van der Waals surface area contributed by atoms with Gasteiger partial charge in [-0.25, -0.2) is 0 Å². The van der Waals surface area contributed by atoms with E-state index in [2.05, 4.69) is 66.5 Å². The number of morpholine rings is 1. The van der Waals surface area contributed by atoms with E-state index in [-0.39, 0.29) is 12.2 Å². The highest BCUT2D eigenvalue weighted by Gasteiger charge is 2.24. The van der Waals surface area contributed by atoms with Gasteiger partial charge in [-0.2, -0.15) is 0 Å². The maximum Gasteiger partial charge on any atom is 0.173 e. The molecule has 1 saturated heterocycles. The van der Waals surface area contributed by atoms with Crippen molar-refractivity contribution in [2.24, 2.45) is 0 Å². The number of ether oxygens (including phenoxy) is 1. The zero-order chi connectivity index (χ0) is 14.8. The van der Waals surface area contributed by atoms with Crippen LogP contribution in [0.1, 0.15) is 13.8 Å². The van der Waals surface area contributed by atoms with Crippen molar-refractivity contribution < 1.29 is 4.74 Å². The van der Waals surface area contributed by atoms with Gasteiger partial charge < -0.3 is 15.0 Å². The lowest BCUT2D eigenvalue weighted by Crippen LogP contribution is -2.49. The van der Waals surface area contributed by atoms with Crippen LogP contribution in [0.5, 0.6) is 0 Å². The molecule has 2 aromatic rings. The first-order valence-electron chi connectivity index (χ1n) is 7.32. The summed E-state index contributed by atoms with van der Waals surface area (Å²) in [7, 11) is 0. The van der Waals surface area contributed by atoms with Crippen LogP contribution in [0.25, 0.3) is 10.8 Å². The zero-order valence-electron chi connectivity index (χ0n) is 12.4. The molecule has 1 fully saturated rings. The zero-order valence-corrected chi connectivity index (χ0v) is 13.2. The minimum absolute atomic E-state index is 0.209. The number of nitrogens with one attached hydrogen (secondary N) is 1. The average Bonchev–Trinajstić information content (AvgIpc) is 2.46. The SMILES string of the molecule is CC1CN(C(=S)Nc2cccc3ccccc23)CC(C)O1. The van der Waals surface area contributed by atoms with Crippen LogP contribution in [0.3, 0.4) is 0 Å². The van der Waals surface area contributed by atoms with Crippen LogP contribution < -0.4 is 5.32 Å². The molecule has 2 unspecified atom stereocenters. The van der Waals surface area contributed by atoms with Gasteiger partial charge in [0.25, 0.3) is 0 Å². The molecule has 3 nitrogen and oxygen atoms in total. The lowest BCUT2D eigenvalue weighted by Gasteiger charge is -2.37. The van der Waals surface area contributed by atoms with Gasteiger partial charge in [-0.1, -0.05) is 36.4 Å². The lowest BCUT2D eigenvalue weighted by atomic mass is 10.1. The van der Waals surface area contributed by atoms with Crippen molar-refractivity contribution in [3.8, 4) is 0 Å². The molecule has 0 aromatic heterocycles. The molecule has 0 saturated carbocycles. The van der Waals surface area contributed by atoms with Crippen LogP contribution in [-0.4, -0.2) is 35.3 Å². The number of nitrogens with zero attached hydrogens (tertiary/aromatic N) is 1. The monoisotopic (exact) mass is 300 g/mol. The second kappa shape index (κ2) is 6.00. The number of rotatable bonds is 1. The maximum absolute atomic E-state index is 5.76. The Morgan fingerprint density at radius 2 is 1.76 bits per heavy atom. The summed E-state index contributed by atoms with van der Waals surface area (Å²) in [5.74, 6) is 0. The van der Waals surface area contributed by atoms with E-state index in [1.54, 1.807) is 0 Å². The highest BCUT2D eigenvalue weighted by Crippen LogP contribution is 2.23. The highest BCUT2D eigenvalue weighted by molar-refractivity contribution is 7.80. The van der Waals surface area contributed by atoms with Gasteiger partial charge in [0, 0.05) is 24.2 Å². The summed E-state index contributed by atoms with van der Waals surface area (Å²) in [5.41, 5.74) is 1.06. The van der Waals surface area contributed by atoms with Crippen molar-refractivity contribution in [1.82, 2.24) is 4.90 Å². The van der Waals surface area contributed by atoms with Gasteiger partial charge in [0.1, 0.15) is 0 Å². The van der Waals surface area contributed by atoms with E-state index >= 15 is 0 Å². The van der Waals surface area contributed by atoms with Gasteiger partial charge in [-0.05, 0) is 37.5 Å². The van der Waals surface area contributed by atoms with E-state index in [0.717, 1.165) is 23.9 Å². The third kappa shape index (κ3) is 3.17. The number of thiocarbonyl (C=S) groups is 1. The number of fused-ring (bicyclic) bond motifs is 1. The molecule has 0 radical (unpaired) electrons. The summed E-state index contributed by atoms with van der Waals surface area (Å²) in [6.45, 7) is 5.84. The molecule has 3 rings (SSSR count). The third-order valence-corrected chi connectivity index (χ3v) is 4.10. The highest BCUT2D eigenvalue weighted by atomic mass is 32.1. The molecule has 4 heteroatoms. The fraction of sp³-hybridized carbons (Fsp3) is 0.353. The second-order valence-electron chi connectivity index (χ2n) is 5.62. The Hall–Kier alpha value is -1.65. The predicted molar refractivity (Wildman–Crippen MR) is 91.8 cm³/mol. The normalized spacial score (nSPS) is 22.3. The number of anilines is 1. The molecular weight excluding hydrogens is 280 g/mol. The van der Waals surface area contributed by atoms with Gasteiger partial charge in [0.15, 0.2) is 5.11 Å². The first kappa shape index (κ1) is 14.3. The van der Waals surface area contributed by atoms with E-state index < -0.39 is 0 Å². The first-order valence-corrected chi connectivity index (χ1v) is 7.73. The molecule has 2 atom stereocenters. The fourth-order valence-corrected chi connectivity index (χ4v) is 3.13. The summed E-state index contributed by atoms with van der Waals surface area (Å²) in [6.07, 6.45) is 0.419. The standard InChI is InChI=1S/C17H20N2OS/c1-12-10-19(11-13(2)20-12)17(21)18-16-9-5-7-14-6-3-4-8-15(14)16/h3-9,12-13H,10-11H2,1-2H3,(H,18,21). The van der Waals surface area contributed by atoms with Gasteiger partial charge in [-0.3, -0.25) is 0 Å². The Bertz CT molecular complexity index is 643. The molecule has 0 amide bonds. The van der Waals surface area contributed by atoms with Crippen LogP contribution in [0.2, 0.25) is 0 Å². The largest absolute Gasteiger partial charge is 0.372 e. The Morgan fingerprint density at radius 1 is 1.10 bits per heavy atom. The number of hydrogen-bond acceptors (Lipinski definition) is 2. The summed E-state index contributed by atoms with van der Waals surface area (Å²) >= 11 is 5.58. The average molecular weight is 300 g/mol. The Balaban J connectivity index is 1.80. The molecule has 0 aliphatic carbocycles. The minimum atomic E-state index is 0.209. The smallest absolute Gasteiger partial charge is 0.173 e. The molecule has 21 heavy (non-hydrogen) atoms. The van der Waals surface area contributed by atoms with Crippen molar-refractivity contribution in [3.63, 3.8) is 0 Å². The van der Waals surface area contributed by atoms with E-state index in [9.17, 15) is 0 Å². The Morgan fingerprint density at radius 3 is 2.52 bits per heavy atom. The molecular formula is C17H20N2OS. The van der Waals surface area contributed by atoms with E-state index in [4.69, 9.17) is 17.0 Å². The summed E-state index contributed by atoms with van der Waals surface area (Å²) < 4.78 is 5.76. The Labute approximate surface area is 130 Å². The quantitative estimate of drug-likeness (QED) is 0.813. The van der Waals surface area contributed by atoms with Crippen molar-refractivity contribution in [3.05, 3.63) is 42.5 Å². The van der Waals surface area contributed by atoms with Gasteiger partial charge >= 0.3 is 0 Å². The van der Waals surface area contributed by atoms with Crippen LogP contribution in [0.4, 0.5) is 5.69 Å². The van der Waals surface area contributed by atoms with E-state index in [0.29, 0.717) is 0 Å². The second-order valence-corrected chi connectivity index (χ2v) is 6.01. The summed E-state index contributed by atoms with van der Waals surface area (Å²) in [4.78, 5) is 2.19. The Kier molecular flexibility index (Phi) is 4.08. The van der Waals surface area contributed by atoms with Crippen molar-refractivity contribution in [1.29, 1.82) is 0 Å². The molecule has 0 bridgehead atoms. The molecule has 2 aromatic carbocycles. The topological polar surface area (TPSA) is 24.5 Å². The first-order chi connectivity index (χ1) is 10.1. The van der Waals surface area contributed by atoms with Crippen LogP contribution in [0, 0.1) is 0 Å². The van der Waals surface area contributed by atoms with Crippen molar-refractivity contribution in [2.45, 2.75) is 26.1 Å². The van der Waals surface area contributed by atoms with Crippen LogP contribution in [0.15, 0.2) is 42.5 Å². The maximum atomic E-state index is 5.76. The molecule has 1 N–H and O–H groups in total. The van der Waals surface area contributed by atoms with Crippen molar-refractivity contribution >= 4 is 33.8 Å². The van der Waals surface area contributed by atoms with E-state index in [1.165, 1.54) is 10.8 Å². The van der Waals surface area contributed by atoms with E-state index in [1.807, 2.05) is 0 Å². The summed E-state index contributed by atoms with van der Waals surface area (Å²) in [6, 6.07) is 14.6. The van der Waals surface area contributed by atoms with Crippen molar-refractivity contribution in [2.75, 3.05) is 18.4 Å². The van der Waals surface area contributed by atoms with Gasteiger partial charge in [0.05, 0.1) is 12.2 Å². The number of benzene rings is 2. The molecule has 1 aliphatic heterocycles. The minimum Gasteiger partial charge on any atom is -0.372 e. The van der Waals surface area contributed by atoms with Crippen LogP contribution in [-0.2, 0) is 4.74 Å². The number of hydrogen-bond donors (Lipinski definition) is 1. The van der Waals surface area contributed by atoms with Gasteiger partial charge in [-0.15, -0.1) is 0 Å². The summed E-state index contributed by atoms with van der Waals surface area (Å²) in [5, 5.41) is 6.58. The van der Waals surface area contributed by atoms with Gasteiger partial charge in [0.2, 0.25) is 0 Å². The fourth-order valence-electron chi connectivity index (χ4n) is 2.87. The molecule has 110 valence electrons. The molecule has 1 aliphatic rings.